The Hall–Kier alpha value is -1.69. The minimum Gasteiger partial charge on any atom is -0.331 e. The fourth-order valence-electron chi connectivity index (χ4n) is 1.36. The van der Waals surface area contributed by atoms with Crippen molar-refractivity contribution in [2.45, 2.75) is 12.8 Å². The van der Waals surface area contributed by atoms with E-state index in [9.17, 15) is 0 Å². The molecule has 80 valence electrons. The van der Waals surface area contributed by atoms with E-state index in [4.69, 9.17) is 5.73 Å². The zero-order chi connectivity index (χ0) is 10.7. The van der Waals surface area contributed by atoms with Crippen LogP contribution in [0.2, 0.25) is 0 Å². The average molecular weight is 206 g/mol. The number of imidazole rings is 1. The Morgan fingerprint density at radius 2 is 2.40 bits per heavy atom. The first-order chi connectivity index (χ1) is 7.31. The van der Waals surface area contributed by atoms with E-state index >= 15 is 0 Å². The summed E-state index contributed by atoms with van der Waals surface area (Å²) in [5, 5.41) is 7.03. The third kappa shape index (κ3) is 2.04. The van der Waals surface area contributed by atoms with E-state index in [0.717, 1.165) is 24.4 Å². The van der Waals surface area contributed by atoms with Gasteiger partial charge in [0.1, 0.15) is 11.5 Å². The average Bonchev–Trinajstić information content (AvgIpc) is 2.83. The molecule has 0 radical (unpaired) electrons. The standard InChI is InChI=1S/C9H14N6/c1-15-6-11-5-7(15)9-12-8(13-14-9)3-2-4-10/h5-6H,2-4,10H2,1H3,(H,12,13,14). The molecular formula is C9H14N6. The lowest BCUT2D eigenvalue weighted by Crippen LogP contribution is -2.01. The van der Waals surface area contributed by atoms with Gasteiger partial charge in [-0.3, -0.25) is 5.10 Å². The smallest absolute Gasteiger partial charge is 0.199 e. The summed E-state index contributed by atoms with van der Waals surface area (Å²) in [7, 11) is 1.91. The molecule has 0 bridgehead atoms. The van der Waals surface area contributed by atoms with E-state index in [2.05, 4.69) is 20.2 Å². The minimum absolute atomic E-state index is 0.668. The van der Waals surface area contributed by atoms with Crippen LogP contribution in [-0.4, -0.2) is 31.3 Å². The third-order valence-electron chi connectivity index (χ3n) is 2.20. The summed E-state index contributed by atoms with van der Waals surface area (Å²) >= 11 is 0. The summed E-state index contributed by atoms with van der Waals surface area (Å²) in [6.07, 6.45) is 5.22. The van der Waals surface area contributed by atoms with Crippen LogP contribution in [0, 0.1) is 0 Å². The lowest BCUT2D eigenvalue weighted by molar-refractivity contribution is 0.785. The number of aryl methyl sites for hydroxylation is 2. The molecule has 0 saturated carbocycles. The predicted octanol–water partition coefficient (Wildman–Crippen LogP) is 0.0965. The normalized spacial score (nSPS) is 10.8. The van der Waals surface area contributed by atoms with Crippen LogP contribution in [0.3, 0.4) is 0 Å². The van der Waals surface area contributed by atoms with Gasteiger partial charge in [0.05, 0.1) is 12.5 Å². The zero-order valence-electron chi connectivity index (χ0n) is 8.64. The largest absolute Gasteiger partial charge is 0.331 e. The number of aromatic amines is 1. The van der Waals surface area contributed by atoms with Gasteiger partial charge >= 0.3 is 0 Å². The molecule has 0 unspecified atom stereocenters. The van der Waals surface area contributed by atoms with E-state index in [1.807, 2.05) is 11.6 Å². The third-order valence-corrected chi connectivity index (χ3v) is 2.20. The molecule has 0 amide bonds. The molecular weight excluding hydrogens is 192 g/mol. The lowest BCUT2D eigenvalue weighted by Gasteiger charge is -1.94. The van der Waals surface area contributed by atoms with E-state index < -0.39 is 0 Å². The van der Waals surface area contributed by atoms with Gasteiger partial charge in [-0.1, -0.05) is 0 Å². The van der Waals surface area contributed by atoms with E-state index in [1.165, 1.54) is 0 Å². The van der Waals surface area contributed by atoms with Crippen LogP contribution in [0.25, 0.3) is 11.5 Å². The number of nitrogens with zero attached hydrogens (tertiary/aromatic N) is 4. The van der Waals surface area contributed by atoms with Crippen molar-refractivity contribution in [1.29, 1.82) is 0 Å². The molecule has 0 aliphatic rings. The number of hydrogen-bond acceptors (Lipinski definition) is 4. The molecule has 2 rings (SSSR count). The van der Waals surface area contributed by atoms with Gasteiger partial charge in [0.15, 0.2) is 5.82 Å². The Labute approximate surface area is 87.5 Å². The van der Waals surface area contributed by atoms with Crippen molar-refractivity contribution >= 4 is 0 Å². The van der Waals surface area contributed by atoms with Crippen LogP contribution in [0.1, 0.15) is 12.2 Å². The predicted molar refractivity (Wildman–Crippen MR) is 56.0 cm³/mol. The molecule has 15 heavy (non-hydrogen) atoms. The van der Waals surface area contributed by atoms with Crippen LogP contribution >= 0.6 is 0 Å². The van der Waals surface area contributed by atoms with Gasteiger partial charge in [0.25, 0.3) is 0 Å². The molecule has 0 saturated heterocycles. The number of nitrogens with two attached hydrogens (primary N) is 1. The molecule has 3 N–H and O–H groups in total. The second-order valence-electron chi connectivity index (χ2n) is 3.39. The summed E-state index contributed by atoms with van der Waals surface area (Å²) in [6.45, 7) is 0.668. The summed E-state index contributed by atoms with van der Waals surface area (Å²) in [5.74, 6) is 1.55. The molecule has 2 heterocycles. The summed E-state index contributed by atoms with van der Waals surface area (Å²) in [4.78, 5) is 8.39. The monoisotopic (exact) mass is 206 g/mol. The zero-order valence-corrected chi connectivity index (χ0v) is 8.64. The number of hydrogen-bond donors (Lipinski definition) is 2. The van der Waals surface area contributed by atoms with Crippen molar-refractivity contribution in [2.75, 3.05) is 6.54 Å². The first kappa shape index (κ1) is 9.85. The lowest BCUT2D eigenvalue weighted by atomic mass is 10.3. The summed E-state index contributed by atoms with van der Waals surface area (Å²) in [5.41, 5.74) is 6.33. The molecule has 0 atom stereocenters. The van der Waals surface area contributed by atoms with Crippen molar-refractivity contribution in [2.24, 2.45) is 12.8 Å². The number of aromatic nitrogens is 5. The fourth-order valence-corrected chi connectivity index (χ4v) is 1.36. The van der Waals surface area contributed by atoms with E-state index in [1.54, 1.807) is 12.5 Å². The molecule has 0 aliphatic heterocycles. The Morgan fingerprint density at radius 1 is 1.53 bits per heavy atom. The topological polar surface area (TPSA) is 85.4 Å². The molecule has 0 aromatic carbocycles. The SMILES string of the molecule is Cn1cncc1-c1n[nH]c(CCCN)n1. The molecule has 6 heteroatoms. The van der Waals surface area contributed by atoms with Gasteiger partial charge < -0.3 is 10.3 Å². The van der Waals surface area contributed by atoms with Crippen LogP contribution in [0.5, 0.6) is 0 Å². The maximum atomic E-state index is 5.43. The van der Waals surface area contributed by atoms with Crippen molar-refractivity contribution in [3.8, 4) is 11.5 Å². The van der Waals surface area contributed by atoms with Gasteiger partial charge in [-0.15, -0.1) is 0 Å². The molecule has 2 aromatic heterocycles. The maximum Gasteiger partial charge on any atom is 0.199 e. The van der Waals surface area contributed by atoms with Gasteiger partial charge in [-0.05, 0) is 13.0 Å². The van der Waals surface area contributed by atoms with Crippen molar-refractivity contribution < 1.29 is 0 Å². The first-order valence-electron chi connectivity index (χ1n) is 4.89. The van der Waals surface area contributed by atoms with Crippen LogP contribution in [0.4, 0.5) is 0 Å². The van der Waals surface area contributed by atoms with E-state index in [-0.39, 0.29) is 0 Å². The minimum atomic E-state index is 0.668. The highest BCUT2D eigenvalue weighted by atomic mass is 15.2. The van der Waals surface area contributed by atoms with Crippen molar-refractivity contribution in [3.63, 3.8) is 0 Å². The van der Waals surface area contributed by atoms with Crippen molar-refractivity contribution in [1.82, 2.24) is 24.7 Å². The van der Waals surface area contributed by atoms with E-state index in [0.29, 0.717) is 12.4 Å². The number of rotatable bonds is 4. The Bertz CT molecular complexity index is 429. The Morgan fingerprint density at radius 3 is 3.07 bits per heavy atom. The second-order valence-corrected chi connectivity index (χ2v) is 3.39. The van der Waals surface area contributed by atoms with Gasteiger partial charge in [0.2, 0.25) is 0 Å². The fraction of sp³-hybridized carbons (Fsp3) is 0.444. The first-order valence-corrected chi connectivity index (χ1v) is 4.89. The highest BCUT2D eigenvalue weighted by Gasteiger charge is 2.08. The van der Waals surface area contributed by atoms with Gasteiger partial charge in [0, 0.05) is 13.5 Å². The molecule has 0 spiro atoms. The molecule has 2 aromatic rings. The van der Waals surface area contributed by atoms with Crippen molar-refractivity contribution in [3.05, 3.63) is 18.3 Å². The highest BCUT2D eigenvalue weighted by molar-refractivity contribution is 5.47. The van der Waals surface area contributed by atoms with Crippen LogP contribution in [-0.2, 0) is 13.5 Å². The quantitative estimate of drug-likeness (QED) is 0.742. The number of nitrogens with one attached hydrogen (secondary N) is 1. The van der Waals surface area contributed by atoms with Crippen LogP contribution in [0.15, 0.2) is 12.5 Å². The highest BCUT2D eigenvalue weighted by Crippen LogP contribution is 2.12. The Kier molecular flexibility index (Phi) is 2.77. The van der Waals surface area contributed by atoms with Gasteiger partial charge in [-0.2, -0.15) is 5.10 Å². The second kappa shape index (κ2) is 4.22. The summed E-state index contributed by atoms with van der Waals surface area (Å²) in [6, 6.07) is 0. The molecule has 0 fully saturated rings. The van der Waals surface area contributed by atoms with Crippen LogP contribution < -0.4 is 5.73 Å². The molecule has 0 aliphatic carbocycles. The maximum absolute atomic E-state index is 5.43. The van der Waals surface area contributed by atoms with Gasteiger partial charge in [-0.25, -0.2) is 9.97 Å². The Balaban J connectivity index is 2.17. The number of H-pyrrole nitrogens is 1. The molecule has 6 nitrogen and oxygen atoms in total. The summed E-state index contributed by atoms with van der Waals surface area (Å²) < 4.78 is 1.88.